The number of carbonyl (C=O) groups is 1. The van der Waals surface area contributed by atoms with Crippen LogP contribution in [0.25, 0.3) is 11.5 Å². The van der Waals surface area contributed by atoms with E-state index in [0.717, 1.165) is 22.4 Å². The molecule has 7 heteroatoms. The fraction of sp³-hybridized carbons (Fsp3) is 0.211. The quantitative estimate of drug-likeness (QED) is 0.643. The van der Waals surface area contributed by atoms with Crippen LogP contribution in [0.3, 0.4) is 0 Å². The van der Waals surface area contributed by atoms with Crippen molar-refractivity contribution in [2.45, 2.75) is 18.7 Å². The zero-order chi connectivity index (χ0) is 18.4. The molecule has 1 heterocycles. The van der Waals surface area contributed by atoms with Gasteiger partial charge in [-0.2, -0.15) is 0 Å². The minimum absolute atomic E-state index is 0.0962. The number of amides is 1. The van der Waals surface area contributed by atoms with E-state index in [-0.39, 0.29) is 11.7 Å². The summed E-state index contributed by atoms with van der Waals surface area (Å²) in [5.41, 5.74) is 2.99. The summed E-state index contributed by atoms with van der Waals surface area (Å²) in [5.74, 6) is 1.36. The molecule has 2 aromatic carbocycles. The van der Waals surface area contributed by atoms with E-state index in [0.29, 0.717) is 17.7 Å². The Bertz CT molecular complexity index is 878. The van der Waals surface area contributed by atoms with Gasteiger partial charge in [0.15, 0.2) is 0 Å². The summed E-state index contributed by atoms with van der Waals surface area (Å²) >= 11 is 1.22. The van der Waals surface area contributed by atoms with Crippen molar-refractivity contribution >= 4 is 17.7 Å². The van der Waals surface area contributed by atoms with Crippen molar-refractivity contribution in [2.24, 2.45) is 0 Å². The van der Waals surface area contributed by atoms with Crippen LogP contribution in [0, 0.1) is 6.92 Å². The van der Waals surface area contributed by atoms with Gasteiger partial charge in [0, 0.05) is 12.1 Å². The molecule has 3 rings (SSSR count). The van der Waals surface area contributed by atoms with E-state index >= 15 is 0 Å². The first-order valence-corrected chi connectivity index (χ1v) is 9.05. The lowest BCUT2D eigenvalue weighted by Crippen LogP contribution is -2.24. The number of aromatic nitrogens is 2. The summed E-state index contributed by atoms with van der Waals surface area (Å²) in [5, 5.41) is 11.3. The smallest absolute Gasteiger partial charge is 0.277 e. The Morgan fingerprint density at radius 3 is 2.73 bits per heavy atom. The Balaban J connectivity index is 1.48. The molecule has 1 amide bonds. The Morgan fingerprint density at radius 2 is 2.00 bits per heavy atom. The van der Waals surface area contributed by atoms with Crippen LogP contribution in [0.1, 0.15) is 11.1 Å². The highest BCUT2D eigenvalue weighted by Gasteiger charge is 2.11. The summed E-state index contributed by atoms with van der Waals surface area (Å²) in [7, 11) is 1.62. The van der Waals surface area contributed by atoms with E-state index in [9.17, 15) is 4.79 Å². The molecule has 0 saturated carbocycles. The van der Waals surface area contributed by atoms with Gasteiger partial charge in [0.25, 0.3) is 5.22 Å². The van der Waals surface area contributed by atoms with E-state index in [1.807, 2.05) is 55.5 Å². The lowest BCUT2D eigenvalue weighted by Gasteiger charge is -2.05. The second kappa shape index (κ2) is 8.53. The molecule has 0 aliphatic carbocycles. The first-order chi connectivity index (χ1) is 12.6. The number of benzene rings is 2. The molecule has 1 N–H and O–H groups in total. The van der Waals surface area contributed by atoms with Crippen molar-refractivity contribution in [3.8, 4) is 17.2 Å². The van der Waals surface area contributed by atoms with Gasteiger partial charge in [-0.25, -0.2) is 0 Å². The summed E-state index contributed by atoms with van der Waals surface area (Å²) in [6, 6.07) is 15.4. The zero-order valence-electron chi connectivity index (χ0n) is 14.6. The molecule has 0 unspecified atom stereocenters. The number of aryl methyl sites for hydroxylation is 1. The summed E-state index contributed by atoms with van der Waals surface area (Å²) < 4.78 is 10.7. The van der Waals surface area contributed by atoms with Gasteiger partial charge in [0.05, 0.1) is 12.9 Å². The normalized spacial score (nSPS) is 10.5. The molecule has 0 spiro atoms. The first kappa shape index (κ1) is 18.0. The van der Waals surface area contributed by atoms with Crippen molar-refractivity contribution < 1.29 is 13.9 Å². The Hall–Kier alpha value is -2.80. The highest BCUT2D eigenvalue weighted by Crippen LogP contribution is 2.23. The molecular formula is C19H19N3O3S. The third-order valence-electron chi connectivity index (χ3n) is 3.65. The Kier molecular flexibility index (Phi) is 5.91. The van der Waals surface area contributed by atoms with Crippen LogP contribution in [0.4, 0.5) is 0 Å². The molecule has 0 bridgehead atoms. The van der Waals surface area contributed by atoms with Crippen molar-refractivity contribution in [3.63, 3.8) is 0 Å². The van der Waals surface area contributed by atoms with Gasteiger partial charge < -0.3 is 14.5 Å². The highest BCUT2D eigenvalue weighted by molar-refractivity contribution is 7.99. The molecule has 6 nitrogen and oxygen atoms in total. The fourth-order valence-corrected chi connectivity index (χ4v) is 2.88. The van der Waals surface area contributed by atoms with Crippen molar-refractivity contribution in [3.05, 3.63) is 59.7 Å². The average molecular weight is 369 g/mol. The van der Waals surface area contributed by atoms with Gasteiger partial charge in [0.1, 0.15) is 5.75 Å². The number of methoxy groups -OCH3 is 1. The number of hydrogen-bond donors (Lipinski definition) is 1. The predicted molar refractivity (Wildman–Crippen MR) is 100 cm³/mol. The monoisotopic (exact) mass is 369 g/mol. The van der Waals surface area contributed by atoms with Crippen molar-refractivity contribution in [1.82, 2.24) is 15.5 Å². The number of thioether (sulfide) groups is 1. The topological polar surface area (TPSA) is 77.2 Å². The second-order valence-electron chi connectivity index (χ2n) is 5.66. The van der Waals surface area contributed by atoms with Crippen LogP contribution in [-0.2, 0) is 11.3 Å². The highest BCUT2D eigenvalue weighted by atomic mass is 32.2. The molecular weight excluding hydrogens is 350 g/mol. The van der Waals surface area contributed by atoms with E-state index in [2.05, 4.69) is 15.5 Å². The Labute approximate surface area is 156 Å². The maximum atomic E-state index is 12.0. The average Bonchev–Trinajstić information content (AvgIpc) is 3.14. The van der Waals surface area contributed by atoms with E-state index in [4.69, 9.17) is 9.15 Å². The zero-order valence-corrected chi connectivity index (χ0v) is 15.4. The van der Waals surface area contributed by atoms with Gasteiger partial charge in [-0.05, 0) is 36.8 Å². The third-order valence-corrected chi connectivity index (χ3v) is 4.47. The van der Waals surface area contributed by atoms with E-state index in [1.165, 1.54) is 11.8 Å². The summed E-state index contributed by atoms with van der Waals surface area (Å²) in [6.45, 7) is 2.46. The number of ether oxygens (including phenoxy) is 1. The van der Waals surface area contributed by atoms with E-state index in [1.54, 1.807) is 7.11 Å². The van der Waals surface area contributed by atoms with Gasteiger partial charge in [-0.15, -0.1) is 10.2 Å². The van der Waals surface area contributed by atoms with Crippen LogP contribution in [0.5, 0.6) is 5.75 Å². The SMILES string of the molecule is COc1ccc(CNC(=O)CSc2nnc(-c3cccc(C)c3)o2)cc1. The van der Waals surface area contributed by atoms with Crippen molar-refractivity contribution in [2.75, 3.05) is 12.9 Å². The van der Waals surface area contributed by atoms with Gasteiger partial charge in [-0.3, -0.25) is 4.79 Å². The standard InChI is InChI=1S/C19H19N3O3S/c1-13-4-3-5-15(10-13)18-21-22-19(25-18)26-12-17(23)20-11-14-6-8-16(24-2)9-7-14/h3-10H,11-12H2,1-2H3,(H,20,23). The fourth-order valence-electron chi connectivity index (χ4n) is 2.29. The van der Waals surface area contributed by atoms with E-state index < -0.39 is 0 Å². The molecule has 0 fully saturated rings. The maximum Gasteiger partial charge on any atom is 0.277 e. The minimum Gasteiger partial charge on any atom is -0.497 e. The molecule has 0 aliphatic rings. The molecule has 134 valence electrons. The molecule has 0 saturated heterocycles. The second-order valence-corrected chi connectivity index (χ2v) is 6.58. The molecule has 3 aromatic rings. The summed E-state index contributed by atoms with van der Waals surface area (Å²) in [4.78, 5) is 12.0. The first-order valence-electron chi connectivity index (χ1n) is 8.07. The summed E-state index contributed by atoms with van der Waals surface area (Å²) in [6.07, 6.45) is 0. The number of hydrogen-bond acceptors (Lipinski definition) is 6. The molecule has 0 aliphatic heterocycles. The number of carbonyl (C=O) groups excluding carboxylic acids is 1. The van der Waals surface area contributed by atoms with Crippen LogP contribution in [-0.4, -0.2) is 29.0 Å². The predicted octanol–water partition coefficient (Wildman–Crippen LogP) is 3.46. The largest absolute Gasteiger partial charge is 0.497 e. The molecule has 0 radical (unpaired) electrons. The lowest BCUT2D eigenvalue weighted by molar-refractivity contribution is -0.118. The maximum absolute atomic E-state index is 12.0. The van der Waals surface area contributed by atoms with Gasteiger partial charge >= 0.3 is 0 Å². The Morgan fingerprint density at radius 1 is 1.19 bits per heavy atom. The van der Waals surface area contributed by atoms with Crippen LogP contribution >= 0.6 is 11.8 Å². The lowest BCUT2D eigenvalue weighted by atomic mass is 10.1. The number of nitrogens with zero attached hydrogens (tertiary/aromatic N) is 2. The van der Waals surface area contributed by atoms with Gasteiger partial charge in [0.2, 0.25) is 11.8 Å². The molecule has 0 atom stereocenters. The number of rotatable bonds is 7. The van der Waals surface area contributed by atoms with Crippen LogP contribution < -0.4 is 10.1 Å². The molecule has 1 aromatic heterocycles. The molecule has 26 heavy (non-hydrogen) atoms. The van der Waals surface area contributed by atoms with Crippen LogP contribution in [0.15, 0.2) is 58.2 Å². The third kappa shape index (κ3) is 4.86. The number of nitrogens with one attached hydrogen (secondary N) is 1. The van der Waals surface area contributed by atoms with Crippen LogP contribution in [0.2, 0.25) is 0 Å². The van der Waals surface area contributed by atoms with Crippen molar-refractivity contribution in [1.29, 1.82) is 0 Å². The minimum atomic E-state index is -0.0962. The van der Waals surface area contributed by atoms with Gasteiger partial charge in [-0.1, -0.05) is 41.6 Å².